The van der Waals surface area contributed by atoms with Crippen LogP contribution >= 0.6 is 95.6 Å². The lowest BCUT2D eigenvalue weighted by atomic mass is 10.3. The number of rotatable bonds is 2. The first-order valence-corrected chi connectivity index (χ1v) is 9.62. The van der Waals surface area contributed by atoms with E-state index in [9.17, 15) is 0 Å². The molecule has 0 aromatic heterocycles. The van der Waals surface area contributed by atoms with Gasteiger partial charge in [-0.2, -0.15) is 0 Å². The fraction of sp³-hybridized carbons (Fsp3) is 0. The van der Waals surface area contributed by atoms with E-state index in [2.05, 4.69) is 95.6 Å². The number of halogens is 6. The van der Waals surface area contributed by atoms with Crippen LogP contribution in [0.2, 0.25) is 0 Å². The summed E-state index contributed by atoms with van der Waals surface area (Å²) in [5.41, 5.74) is 0. The minimum atomic E-state index is 0.712. The van der Waals surface area contributed by atoms with E-state index in [1.165, 1.54) is 0 Å². The Kier molecular flexibility index (Phi) is 6.01. The third-order valence-electron chi connectivity index (χ3n) is 2.18. The normalized spacial score (nSPS) is 10.6. The summed E-state index contributed by atoms with van der Waals surface area (Å²) in [4.78, 5) is 0. The standard InChI is InChI=1S/C12H4Br6O/c13-6-2-1-5(3-7(6)14)19-12-9(16)4-8(15)10(17)11(12)18/h1-4H. The van der Waals surface area contributed by atoms with Gasteiger partial charge in [-0.1, -0.05) is 0 Å². The van der Waals surface area contributed by atoms with Crippen LogP contribution in [0.1, 0.15) is 0 Å². The van der Waals surface area contributed by atoms with Crippen LogP contribution in [0, 0.1) is 0 Å². The highest BCUT2D eigenvalue weighted by molar-refractivity contribution is 9.14. The summed E-state index contributed by atoms with van der Waals surface area (Å²) in [6.45, 7) is 0. The van der Waals surface area contributed by atoms with Gasteiger partial charge < -0.3 is 4.74 Å². The van der Waals surface area contributed by atoms with Crippen LogP contribution in [0.4, 0.5) is 0 Å². The zero-order valence-electron chi connectivity index (χ0n) is 8.99. The van der Waals surface area contributed by atoms with Crippen LogP contribution < -0.4 is 4.74 Å². The third kappa shape index (κ3) is 3.86. The molecule has 0 unspecified atom stereocenters. The molecule has 2 aromatic carbocycles. The Hall–Kier alpha value is 1.12. The van der Waals surface area contributed by atoms with Crippen molar-refractivity contribution in [3.05, 3.63) is 51.1 Å². The molecule has 0 saturated carbocycles. The predicted molar refractivity (Wildman–Crippen MR) is 99.2 cm³/mol. The number of hydrogen-bond acceptors (Lipinski definition) is 1. The average molecular weight is 644 g/mol. The Balaban J connectivity index is 2.43. The van der Waals surface area contributed by atoms with Crippen molar-refractivity contribution in [1.29, 1.82) is 0 Å². The van der Waals surface area contributed by atoms with Gasteiger partial charge in [0.05, 0.1) is 8.95 Å². The predicted octanol–water partition coefficient (Wildman–Crippen LogP) is 8.05. The molecule has 0 spiro atoms. The second-order valence-corrected chi connectivity index (χ2v) is 8.48. The van der Waals surface area contributed by atoms with Crippen molar-refractivity contribution >= 4 is 95.6 Å². The van der Waals surface area contributed by atoms with Gasteiger partial charge in [0.1, 0.15) is 5.75 Å². The molecule has 0 amide bonds. The molecular formula is C12H4Br6O. The Bertz CT molecular complexity index is 641. The van der Waals surface area contributed by atoms with Gasteiger partial charge in [-0.05, 0) is 120 Å². The molecule has 1 nitrogen and oxygen atoms in total. The van der Waals surface area contributed by atoms with Crippen LogP contribution in [0.3, 0.4) is 0 Å². The molecule has 0 fully saturated rings. The van der Waals surface area contributed by atoms with E-state index in [-0.39, 0.29) is 0 Å². The van der Waals surface area contributed by atoms with E-state index in [1.54, 1.807) is 0 Å². The smallest absolute Gasteiger partial charge is 0.156 e. The SMILES string of the molecule is Brc1ccc(Oc2c(Br)cc(Br)c(Br)c2Br)cc1Br. The Morgan fingerprint density at radius 3 is 1.95 bits per heavy atom. The van der Waals surface area contributed by atoms with Crippen LogP contribution in [0.25, 0.3) is 0 Å². The van der Waals surface area contributed by atoms with Gasteiger partial charge >= 0.3 is 0 Å². The van der Waals surface area contributed by atoms with Crippen LogP contribution in [-0.4, -0.2) is 0 Å². The summed E-state index contributed by atoms with van der Waals surface area (Å²) in [5.74, 6) is 1.45. The first kappa shape index (κ1) is 16.5. The van der Waals surface area contributed by atoms with Crippen LogP contribution in [0.5, 0.6) is 11.5 Å². The number of benzene rings is 2. The molecule has 19 heavy (non-hydrogen) atoms. The average Bonchev–Trinajstić information content (AvgIpc) is 2.36. The van der Waals surface area contributed by atoms with E-state index < -0.39 is 0 Å². The molecule has 100 valence electrons. The van der Waals surface area contributed by atoms with Crippen molar-refractivity contribution < 1.29 is 4.74 Å². The Morgan fingerprint density at radius 2 is 1.32 bits per heavy atom. The van der Waals surface area contributed by atoms with Gasteiger partial charge in [-0.25, -0.2) is 0 Å². The maximum absolute atomic E-state index is 5.92. The lowest BCUT2D eigenvalue weighted by Crippen LogP contribution is -1.89. The van der Waals surface area contributed by atoms with E-state index in [4.69, 9.17) is 4.74 Å². The lowest BCUT2D eigenvalue weighted by molar-refractivity contribution is 0.475. The summed E-state index contributed by atoms with van der Waals surface area (Å²) in [7, 11) is 0. The van der Waals surface area contributed by atoms with Gasteiger partial charge in [-0.3, -0.25) is 0 Å². The third-order valence-corrected chi connectivity index (χ3v) is 7.92. The summed E-state index contributed by atoms with van der Waals surface area (Å²) in [6, 6.07) is 7.65. The quantitative estimate of drug-likeness (QED) is 0.238. The van der Waals surface area contributed by atoms with Gasteiger partial charge in [0.2, 0.25) is 0 Å². The number of ether oxygens (including phenoxy) is 1. The van der Waals surface area contributed by atoms with Gasteiger partial charge in [-0.15, -0.1) is 0 Å². The maximum Gasteiger partial charge on any atom is 0.156 e. The van der Waals surface area contributed by atoms with E-state index in [0.29, 0.717) is 5.75 Å². The van der Waals surface area contributed by atoms with Crippen LogP contribution in [0.15, 0.2) is 51.1 Å². The molecule has 0 saturated heterocycles. The summed E-state index contributed by atoms with van der Waals surface area (Å²) in [6.07, 6.45) is 0. The molecule has 2 rings (SSSR count). The minimum absolute atomic E-state index is 0.712. The molecule has 0 heterocycles. The van der Waals surface area contributed by atoms with Gasteiger partial charge in [0.25, 0.3) is 0 Å². The van der Waals surface area contributed by atoms with Crippen molar-refractivity contribution in [3.8, 4) is 11.5 Å². The van der Waals surface area contributed by atoms with E-state index in [1.807, 2.05) is 24.3 Å². The summed E-state index contributed by atoms with van der Waals surface area (Å²) in [5, 5.41) is 0. The first-order valence-electron chi connectivity index (χ1n) is 4.86. The zero-order valence-corrected chi connectivity index (χ0v) is 18.5. The van der Waals surface area contributed by atoms with Crippen molar-refractivity contribution in [2.24, 2.45) is 0 Å². The zero-order chi connectivity index (χ0) is 14.2. The van der Waals surface area contributed by atoms with Crippen LogP contribution in [-0.2, 0) is 0 Å². The molecule has 0 bridgehead atoms. The fourth-order valence-electron chi connectivity index (χ4n) is 1.30. The molecule has 0 aliphatic carbocycles. The van der Waals surface area contributed by atoms with Crippen molar-refractivity contribution in [2.45, 2.75) is 0 Å². The Morgan fingerprint density at radius 1 is 0.632 bits per heavy atom. The molecule has 0 aliphatic rings. The molecular weight excluding hydrogens is 640 g/mol. The van der Waals surface area contributed by atoms with Gasteiger partial charge in [0.15, 0.2) is 5.75 Å². The maximum atomic E-state index is 5.92. The van der Waals surface area contributed by atoms with Crippen molar-refractivity contribution in [1.82, 2.24) is 0 Å². The summed E-state index contributed by atoms with van der Waals surface area (Å²) >= 11 is 20.9. The van der Waals surface area contributed by atoms with Gasteiger partial charge in [0, 0.05) is 17.9 Å². The second-order valence-electron chi connectivity index (χ2n) is 3.48. The molecule has 0 N–H and O–H groups in total. The molecule has 2 aromatic rings. The van der Waals surface area contributed by atoms with Crippen molar-refractivity contribution in [3.63, 3.8) is 0 Å². The highest BCUT2D eigenvalue weighted by Crippen LogP contribution is 2.45. The second kappa shape index (κ2) is 6.92. The highest BCUT2D eigenvalue weighted by atomic mass is 79.9. The highest BCUT2D eigenvalue weighted by Gasteiger charge is 2.15. The summed E-state index contributed by atoms with van der Waals surface area (Å²) < 4.78 is 11.4. The molecule has 0 atom stereocenters. The van der Waals surface area contributed by atoms with E-state index >= 15 is 0 Å². The van der Waals surface area contributed by atoms with E-state index in [0.717, 1.165) is 32.6 Å². The number of hydrogen-bond donors (Lipinski definition) is 0. The minimum Gasteiger partial charge on any atom is -0.455 e. The monoisotopic (exact) mass is 638 g/mol. The lowest BCUT2D eigenvalue weighted by Gasteiger charge is -2.13. The molecule has 0 aliphatic heterocycles. The molecule has 0 radical (unpaired) electrons. The fourth-order valence-corrected chi connectivity index (χ4v) is 4.48. The topological polar surface area (TPSA) is 9.23 Å². The Labute approximate surface area is 161 Å². The first-order chi connectivity index (χ1) is 8.90. The van der Waals surface area contributed by atoms with Crippen molar-refractivity contribution in [2.75, 3.05) is 0 Å². The largest absolute Gasteiger partial charge is 0.455 e. The molecule has 7 heteroatoms.